The van der Waals surface area contributed by atoms with Crippen molar-refractivity contribution < 1.29 is 4.79 Å². The quantitative estimate of drug-likeness (QED) is 0.864. The Kier molecular flexibility index (Phi) is 6.02. The molecule has 0 unspecified atom stereocenters. The highest BCUT2D eigenvalue weighted by Gasteiger charge is 2.17. The maximum Gasteiger partial charge on any atom is 0.251 e. The van der Waals surface area contributed by atoms with Crippen LogP contribution in [0.4, 0.5) is 5.69 Å². The van der Waals surface area contributed by atoms with Gasteiger partial charge in [-0.05, 0) is 38.2 Å². The summed E-state index contributed by atoms with van der Waals surface area (Å²) in [6.45, 7) is 5.00. The van der Waals surface area contributed by atoms with Gasteiger partial charge >= 0.3 is 0 Å². The second kappa shape index (κ2) is 7.29. The molecule has 0 spiro atoms. The predicted octanol–water partition coefficient (Wildman–Crippen LogP) is 2.07. The first-order valence-electron chi connectivity index (χ1n) is 7.05. The Hall–Kier alpha value is -1.55. The van der Waals surface area contributed by atoms with E-state index in [2.05, 4.69) is 24.1 Å². The van der Waals surface area contributed by atoms with Crippen molar-refractivity contribution >= 4 is 11.6 Å². The van der Waals surface area contributed by atoms with Crippen molar-refractivity contribution in [2.75, 3.05) is 39.6 Å². The Morgan fingerprint density at radius 2 is 1.85 bits per heavy atom. The molecule has 1 N–H and O–H groups in total. The van der Waals surface area contributed by atoms with Crippen LogP contribution in [0.25, 0.3) is 0 Å². The number of amides is 1. The van der Waals surface area contributed by atoms with Gasteiger partial charge in [-0.3, -0.25) is 4.79 Å². The number of carbonyl (C=O) groups excluding carboxylic acids is 1. The van der Waals surface area contributed by atoms with Gasteiger partial charge in [-0.1, -0.05) is 19.9 Å². The zero-order valence-corrected chi connectivity index (χ0v) is 13.5. The minimum absolute atomic E-state index is 0.0128. The standard InChI is InChI=1S/C16H27N3O/c1-12(2)15(19(5)6)11-17-16(20)13-8-7-9-14(10-13)18(3)4/h7-10,12,15H,11H2,1-6H3,(H,17,20)/t15-/m0/s1. The lowest BCUT2D eigenvalue weighted by molar-refractivity contribution is 0.0934. The summed E-state index contributed by atoms with van der Waals surface area (Å²) < 4.78 is 0. The predicted molar refractivity (Wildman–Crippen MR) is 85.4 cm³/mol. The smallest absolute Gasteiger partial charge is 0.251 e. The zero-order valence-electron chi connectivity index (χ0n) is 13.5. The Bertz CT molecular complexity index is 433. The van der Waals surface area contributed by atoms with E-state index in [1.807, 2.05) is 57.4 Å². The van der Waals surface area contributed by atoms with Gasteiger partial charge in [-0.2, -0.15) is 0 Å². The van der Waals surface area contributed by atoms with Crippen LogP contribution in [0.1, 0.15) is 24.2 Å². The molecule has 0 fully saturated rings. The molecule has 4 heteroatoms. The van der Waals surface area contributed by atoms with Crippen molar-refractivity contribution in [3.05, 3.63) is 29.8 Å². The van der Waals surface area contributed by atoms with Crippen LogP contribution in [0.2, 0.25) is 0 Å². The van der Waals surface area contributed by atoms with Crippen LogP contribution in [0.3, 0.4) is 0 Å². The van der Waals surface area contributed by atoms with Crippen molar-refractivity contribution in [2.45, 2.75) is 19.9 Å². The number of benzene rings is 1. The van der Waals surface area contributed by atoms with Gasteiger partial charge in [0.1, 0.15) is 0 Å². The van der Waals surface area contributed by atoms with Gasteiger partial charge in [0, 0.05) is 37.9 Å². The Balaban J connectivity index is 2.69. The fourth-order valence-corrected chi connectivity index (χ4v) is 2.24. The van der Waals surface area contributed by atoms with Crippen LogP contribution in [-0.4, -0.2) is 51.6 Å². The molecule has 0 saturated carbocycles. The van der Waals surface area contributed by atoms with E-state index in [-0.39, 0.29) is 5.91 Å². The minimum Gasteiger partial charge on any atom is -0.378 e. The third-order valence-electron chi connectivity index (χ3n) is 3.53. The van der Waals surface area contributed by atoms with E-state index in [4.69, 9.17) is 0 Å². The lowest BCUT2D eigenvalue weighted by Gasteiger charge is -2.28. The van der Waals surface area contributed by atoms with E-state index in [1.54, 1.807) is 0 Å². The van der Waals surface area contributed by atoms with Crippen LogP contribution in [0, 0.1) is 5.92 Å². The van der Waals surface area contributed by atoms with Gasteiger partial charge in [0.15, 0.2) is 0 Å². The first kappa shape index (κ1) is 16.5. The molecule has 112 valence electrons. The van der Waals surface area contributed by atoms with Gasteiger partial charge in [0.25, 0.3) is 5.91 Å². The average molecular weight is 277 g/mol. The monoisotopic (exact) mass is 277 g/mol. The van der Waals surface area contributed by atoms with Crippen LogP contribution < -0.4 is 10.2 Å². The largest absolute Gasteiger partial charge is 0.378 e. The number of anilines is 1. The van der Waals surface area contributed by atoms with Gasteiger partial charge in [-0.25, -0.2) is 0 Å². The molecule has 0 saturated heterocycles. The number of nitrogens with one attached hydrogen (secondary N) is 1. The summed E-state index contributed by atoms with van der Waals surface area (Å²) >= 11 is 0. The highest BCUT2D eigenvalue weighted by Crippen LogP contribution is 2.13. The number of rotatable bonds is 6. The molecule has 1 rings (SSSR count). The summed E-state index contributed by atoms with van der Waals surface area (Å²) in [5, 5.41) is 3.03. The summed E-state index contributed by atoms with van der Waals surface area (Å²) in [7, 11) is 8.03. The average Bonchev–Trinajstić information content (AvgIpc) is 2.38. The third-order valence-corrected chi connectivity index (χ3v) is 3.53. The van der Waals surface area contributed by atoms with Crippen LogP contribution in [0.5, 0.6) is 0 Å². The number of carbonyl (C=O) groups is 1. The SMILES string of the molecule is CC(C)[C@H](CNC(=O)c1cccc(N(C)C)c1)N(C)C. The number of hydrogen-bond acceptors (Lipinski definition) is 3. The number of likely N-dealkylation sites (N-methyl/N-ethyl adjacent to an activating group) is 1. The summed E-state index contributed by atoms with van der Waals surface area (Å²) in [5.41, 5.74) is 1.74. The molecular formula is C16H27N3O. The molecule has 1 aromatic carbocycles. The topological polar surface area (TPSA) is 35.6 Å². The van der Waals surface area contributed by atoms with Crippen molar-refractivity contribution in [1.82, 2.24) is 10.2 Å². The molecule has 1 amide bonds. The van der Waals surface area contributed by atoms with Gasteiger partial charge in [0.05, 0.1) is 0 Å². The summed E-state index contributed by atoms with van der Waals surface area (Å²) in [5.74, 6) is 0.486. The van der Waals surface area contributed by atoms with Gasteiger partial charge in [0.2, 0.25) is 0 Å². The maximum atomic E-state index is 12.2. The Morgan fingerprint density at radius 1 is 1.20 bits per heavy atom. The third kappa shape index (κ3) is 4.53. The normalized spacial score (nSPS) is 12.6. The van der Waals surface area contributed by atoms with Crippen molar-refractivity contribution in [3.63, 3.8) is 0 Å². The number of hydrogen-bond donors (Lipinski definition) is 1. The van der Waals surface area contributed by atoms with E-state index in [0.717, 1.165) is 5.69 Å². The summed E-state index contributed by atoms with van der Waals surface area (Å²) in [6, 6.07) is 8.01. The fourth-order valence-electron chi connectivity index (χ4n) is 2.24. The van der Waals surface area contributed by atoms with E-state index in [9.17, 15) is 4.79 Å². The van der Waals surface area contributed by atoms with Crippen molar-refractivity contribution in [1.29, 1.82) is 0 Å². The second-order valence-corrected chi connectivity index (χ2v) is 5.93. The molecule has 0 bridgehead atoms. The minimum atomic E-state index is -0.0128. The lowest BCUT2D eigenvalue weighted by Crippen LogP contribution is -2.43. The molecule has 0 aliphatic carbocycles. The first-order chi connectivity index (χ1) is 9.32. The van der Waals surface area contributed by atoms with Crippen LogP contribution in [0.15, 0.2) is 24.3 Å². The molecule has 0 radical (unpaired) electrons. The molecule has 0 heterocycles. The fraction of sp³-hybridized carbons (Fsp3) is 0.562. The van der Waals surface area contributed by atoms with Crippen LogP contribution in [-0.2, 0) is 0 Å². The molecule has 1 atom stereocenters. The Labute approximate surface area is 122 Å². The zero-order chi connectivity index (χ0) is 15.3. The molecule has 0 aromatic heterocycles. The van der Waals surface area contributed by atoms with Crippen molar-refractivity contribution in [2.24, 2.45) is 5.92 Å². The molecule has 0 aliphatic heterocycles. The highest BCUT2D eigenvalue weighted by atomic mass is 16.1. The summed E-state index contributed by atoms with van der Waals surface area (Å²) in [4.78, 5) is 16.4. The molecule has 0 aliphatic rings. The molecule has 20 heavy (non-hydrogen) atoms. The molecule has 1 aromatic rings. The molecular weight excluding hydrogens is 250 g/mol. The van der Waals surface area contributed by atoms with E-state index < -0.39 is 0 Å². The second-order valence-electron chi connectivity index (χ2n) is 5.93. The van der Waals surface area contributed by atoms with Gasteiger partial charge in [-0.15, -0.1) is 0 Å². The molecule has 4 nitrogen and oxygen atoms in total. The van der Waals surface area contributed by atoms with E-state index in [1.165, 1.54) is 0 Å². The van der Waals surface area contributed by atoms with E-state index >= 15 is 0 Å². The van der Waals surface area contributed by atoms with Crippen molar-refractivity contribution in [3.8, 4) is 0 Å². The lowest BCUT2D eigenvalue weighted by atomic mass is 10.0. The van der Waals surface area contributed by atoms with Crippen LogP contribution >= 0.6 is 0 Å². The summed E-state index contributed by atoms with van der Waals surface area (Å²) in [6.07, 6.45) is 0. The van der Waals surface area contributed by atoms with Gasteiger partial charge < -0.3 is 15.1 Å². The Morgan fingerprint density at radius 3 is 2.35 bits per heavy atom. The highest BCUT2D eigenvalue weighted by molar-refractivity contribution is 5.95. The number of nitrogens with zero attached hydrogens (tertiary/aromatic N) is 2. The maximum absolute atomic E-state index is 12.2. The first-order valence-corrected chi connectivity index (χ1v) is 7.05. The van der Waals surface area contributed by atoms with E-state index in [0.29, 0.717) is 24.1 Å².